The fraction of sp³-hybridized carbons (Fsp3) is 0.650. The van der Waals surface area contributed by atoms with Gasteiger partial charge in [0.2, 0.25) is 5.91 Å². The van der Waals surface area contributed by atoms with Gasteiger partial charge in [-0.3, -0.25) is 4.79 Å². The molecule has 1 aromatic carbocycles. The predicted octanol–water partition coefficient (Wildman–Crippen LogP) is 3.40. The zero-order chi connectivity index (χ0) is 16.4. The van der Waals surface area contributed by atoms with Gasteiger partial charge < -0.3 is 10.2 Å². The number of aryl methyl sites for hydroxylation is 1. The molecule has 1 heterocycles. The maximum absolute atomic E-state index is 12.7. The summed E-state index contributed by atoms with van der Waals surface area (Å²) >= 11 is 1.97. The molecule has 1 aliphatic heterocycles. The summed E-state index contributed by atoms with van der Waals surface area (Å²) < 4.78 is 0. The summed E-state index contributed by atoms with van der Waals surface area (Å²) in [7, 11) is 0. The molecule has 0 unspecified atom stereocenters. The smallest absolute Gasteiger partial charge is 0.225 e. The van der Waals surface area contributed by atoms with Crippen LogP contribution in [0, 0.1) is 5.92 Å². The van der Waals surface area contributed by atoms with E-state index in [2.05, 4.69) is 34.5 Å². The van der Waals surface area contributed by atoms with E-state index in [0.29, 0.717) is 18.0 Å². The summed E-state index contributed by atoms with van der Waals surface area (Å²) in [4.78, 5) is 14.8. The standard InChI is InChI=1S/C20H28N2OS/c23-20(22-11-13-24-14-12-22)16-5-8-17(9-6-16)21-19-10-7-15-3-1-2-4-18(15)19/h1-4,16-17,19,21H,5-14H2/t16?,17?,19-/m1/s1. The van der Waals surface area contributed by atoms with Gasteiger partial charge >= 0.3 is 0 Å². The van der Waals surface area contributed by atoms with Crippen molar-refractivity contribution in [1.29, 1.82) is 0 Å². The van der Waals surface area contributed by atoms with Crippen molar-refractivity contribution in [3.63, 3.8) is 0 Å². The molecule has 24 heavy (non-hydrogen) atoms. The molecule has 2 aliphatic carbocycles. The van der Waals surface area contributed by atoms with Crippen molar-refractivity contribution >= 4 is 17.7 Å². The lowest BCUT2D eigenvalue weighted by Gasteiger charge is -2.35. The second-order valence-corrected chi connectivity index (χ2v) is 8.67. The molecule has 130 valence electrons. The highest BCUT2D eigenvalue weighted by atomic mass is 32.2. The van der Waals surface area contributed by atoms with E-state index < -0.39 is 0 Å². The summed E-state index contributed by atoms with van der Waals surface area (Å²) in [5.41, 5.74) is 3.02. The third-order valence-corrected chi connectivity index (χ3v) is 6.91. The quantitative estimate of drug-likeness (QED) is 0.912. The highest BCUT2D eigenvalue weighted by Crippen LogP contribution is 2.34. The molecule has 0 aromatic heterocycles. The SMILES string of the molecule is O=C(C1CCC(N[C@@H]2CCc3ccccc32)CC1)N1CCSCC1. The van der Waals surface area contributed by atoms with Crippen LogP contribution in [0.2, 0.25) is 0 Å². The largest absolute Gasteiger partial charge is 0.341 e. The highest BCUT2D eigenvalue weighted by Gasteiger charge is 2.32. The van der Waals surface area contributed by atoms with Crippen LogP contribution in [0.25, 0.3) is 0 Å². The summed E-state index contributed by atoms with van der Waals surface area (Å²) in [6.07, 6.45) is 6.86. The number of nitrogens with zero attached hydrogens (tertiary/aromatic N) is 1. The van der Waals surface area contributed by atoms with E-state index >= 15 is 0 Å². The molecule has 1 atom stereocenters. The summed E-state index contributed by atoms with van der Waals surface area (Å²) in [6, 6.07) is 9.97. The van der Waals surface area contributed by atoms with Crippen LogP contribution >= 0.6 is 11.8 Å². The Bertz CT molecular complexity index is 577. The number of carbonyl (C=O) groups excluding carboxylic acids is 1. The molecule has 3 aliphatic rings. The molecule has 0 spiro atoms. The van der Waals surface area contributed by atoms with Crippen molar-refractivity contribution in [2.24, 2.45) is 5.92 Å². The minimum atomic E-state index is 0.280. The number of amides is 1. The molecule has 0 bridgehead atoms. The molecule has 3 nitrogen and oxygen atoms in total. The molecule has 1 aromatic rings. The first kappa shape index (κ1) is 16.5. The number of fused-ring (bicyclic) bond motifs is 1. The highest BCUT2D eigenvalue weighted by molar-refractivity contribution is 7.99. The normalized spacial score (nSPS) is 30.2. The van der Waals surface area contributed by atoms with Crippen molar-refractivity contribution in [3.8, 4) is 0 Å². The maximum Gasteiger partial charge on any atom is 0.225 e. The number of hydrogen-bond donors (Lipinski definition) is 1. The number of rotatable bonds is 3. The Balaban J connectivity index is 1.28. The molecule has 1 saturated carbocycles. The van der Waals surface area contributed by atoms with Gasteiger partial charge in [0, 0.05) is 42.6 Å². The Labute approximate surface area is 149 Å². The Morgan fingerprint density at radius 3 is 2.58 bits per heavy atom. The fourth-order valence-corrected chi connectivity index (χ4v) is 5.47. The van der Waals surface area contributed by atoms with E-state index in [1.54, 1.807) is 0 Å². The van der Waals surface area contributed by atoms with Gasteiger partial charge in [-0.25, -0.2) is 0 Å². The Hall–Kier alpha value is -1.000. The monoisotopic (exact) mass is 344 g/mol. The van der Waals surface area contributed by atoms with Crippen molar-refractivity contribution in [2.45, 2.75) is 50.6 Å². The molecular formula is C20H28N2OS. The van der Waals surface area contributed by atoms with Crippen LogP contribution in [0.15, 0.2) is 24.3 Å². The predicted molar refractivity (Wildman–Crippen MR) is 100 cm³/mol. The zero-order valence-electron chi connectivity index (χ0n) is 14.4. The lowest BCUT2D eigenvalue weighted by Crippen LogP contribution is -2.44. The van der Waals surface area contributed by atoms with Gasteiger partial charge in [-0.2, -0.15) is 11.8 Å². The maximum atomic E-state index is 12.7. The number of carbonyl (C=O) groups is 1. The average Bonchev–Trinajstić information content (AvgIpc) is 3.06. The molecular weight excluding hydrogens is 316 g/mol. The molecule has 4 heteroatoms. The summed E-state index contributed by atoms with van der Waals surface area (Å²) in [5.74, 6) is 2.94. The number of nitrogens with one attached hydrogen (secondary N) is 1. The van der Waals surface area contributed by atoms with Gasteiger partial charge in [0.15, 0.2) is 0 Å². The Morgan fingerprint density at radius 1 is 1.04 bits per heavy atom. The van der Waals surface area contributed by atoms with Crippen LogP contribution in [0.5, 0.6) is 0 Å². The van der Waals surface area contributed by atoms with Gasteiger partial charge in [-0.15, -0.1) is 0 Å². The lowest BCUT2D eigenvalue weighted by atomic mass is 9.84. The second kappa shape index (κ2) is 7.49. The molecule has 1 saturated heterocycles. The third-order valence-electron chi connectivity index (χ3n) is 5.97. The topological polar surface area (TPSA) is 32.3 Å². The van der Waals surface area contributed by atoms with E-state index in [9.17, 15) is 4.79 Å². The molecule has 2 fully saturated rings. The first-order valence-electron chi connectivity index (χ1n) is 9.51. The minimum absolute atomic E-state index is 0.280. The van der Waals surface area contributed by atoms with Crippen LogP contribution in [-0.2, 0) is 11.2 Å². The first-order valence-corrected chi connectivity index (χ1v) is 10.7. The summed E-state index contributed by atoms with van der Waals surface area (Å²) in [6.45, 7) is 1.92. The second-order valence-electron chi connectivity index (χ2n) is 7.44. The van der Waals surface area contributed by atoms with Crippen molar-refractivity contribution in [1.82, 2.24) is 10.2 Å². The zero-order valence-corrected chi connectivity index (χ0v) is 15.2. The van der Waals surface area contributed by atoms with Crippen LogP contribution in [-0.4, -0.2) is 41.4 Å². The van der Waals surface area contributed by atoms with Gasteiger partial charge in [0.1, 0.15) is 0 Å². The van der Waals surface area contributed by atoms with Gasteiger partial charge in [0.25, 0.3) is 0 Å². The van der Waals surface area contributed by atoms with Crippen LogP contribution in [0.1, 0.15) is 49.3 Å². The van der Waals surface area contributed by atoms with E-state index in [4.69, 9.17) is 0 Å². The number of hydrogen-bond acceptors (Lipinski definition) is 3. The molecule has 1 amide bonds. The van der Waals surface area contributed by atoms with Crippen molar-refractivity contribution < 1.29 is 4.79 Å². The van der Waals surface area contributed by atoms with Crippen LogP contribution < -0.4 is 5.32 Å². The number of thioether (sulfide) groups is 1. The molecule has 4 rings (SSSR count). The molecule has 1 N–H and O–H groups in total. The van der Waals surface area contributed by atoms with Crippen LogP contribution in [0.4, 0.5) is 0 Å². The van der Waals surface area contributed by atoms with Crippen molar-refractivity contribution in [3.05, 3.63) is 35.4 Å². The van der Waals surface area contributed by atoms with E-state index in [-0.39, 0.29) is 5.92 Å². The Morgan fingerprint density at radius 2 is 1.79 bits per heavy atom. The molecule has 0 radical (unpaired) electrons. The van der Waals surface area contributed by atoms with E-state index in [0.717, 1.165) is 50.3 Å². The number of benzene rings is 1. The first-order chi connectivity index (χ1) is 11.8. The van der Waals surface area contributed by atoms with Crippen LogP contribution in [0.3, 0.4) is 0 Å². The lowest BCUT2D eigenvalue weighted by molar-refractivity contribution is -0.136. The van der Waals surface area contributed by atoms with E-state index in [1.807, 2.05) is 11.8 Å². The van der Waals surface area contributed by atoms with Gasteiger partial charge in [0.05, 0.1) is 0 Å². The fourth-order valence-electron chi connectivity index (χ4n) is 4.56. The van der Waals surface area contributed by atoms with Gasteiger partial charge in [-0.05, 0) is 49.7 Å². The van der Waals surface area contributed by atoms with Crippen molar-refractivity contribution in [2.75, 3.05) is 24.6 Å². The third kappa shape index (κ3) is 3.50. The van der Waals surface area contributed by atoms with Gasteiger partial charge in [-0.1, -0.05) is 24.3 Å². The Kier molecular flexibility index (Phi) is 5.14. The average molecular weight is 345 g/mol. The van der Waals surface area contributed by atoms with E-state index in [1.165, 1.54) is 24.0 Å². The summed E-state index contributed by atoms with van der Waals surface area (Å²) in [5, 5.41) is 3.88. The minimum Gasteiger partial charge on any atom is -0.341 e.